The van der Waals surface area contributed by atoms with Crippen molar-refractivity contribution in [2.75, 3.05) is 13.2 Å². The molecule has 8 fully saturated rings. The van der Waals surface area contributed by atoms with Crippen LogP contribution in [-0.2, 0) is 28.4 Å². The summed E-state index contributed by atoms with van der Waals surface area (Å²) in [7, 11) is 0. The first-order chi connectivity index (χ1) is 24.1. The molecule has 0 bridgehead atoms. The van der Waals surface area contributed by atoms with Gasteiger partial charge in [-0.05, 0) is 105 Å². The number of rotatable bonds is 4. The molecule has 8 aliphatic rings. The molecule has 0 aromatic rings. The molecule has 51 heavy (non-hydrogen) atoms. The Morgan fingerprint density at radius 3 is 2.18 bits per heavy atom. The van der Waals surface area contributed by atoms with Crippen molar-refractivity contribution in [2.24, 2.45) is 52.3 Å². The highest BCUT2D eigenvalue weighted by Gasteiger charge is 2.71. The van der Waals surface area contributed by atoms with E-state index in [-0.39, 0.29) is 53.3 Å². The Morgan fingerprint density at radius 2 is 1.43 bits per heavy atom. The third kappa shape index (κ3) is 5.73. The molecule has 8 rings (SSSR count). The van der Waals surface area contributed by atoms with E-state index in [1.165, 1.54) is 0 Å². The van der Waals surface area contributed by atoms with E-state index in [1.54, 1.807) is 6.92 Å². The normalized spacial score (nSPS) is 61.4. The van der Waals surface area contributed by atoms with Crippen molar-refractivity contribution in [1.29, 1.82) is 0 Å². The predicted octanol–water partition coefficient (Wildman–Crippen LogP) is 1.05. The summed E-state index contributed by atoms with van der Waals surface area (Å²) in [6, 6.07) is 0. The topological polar surface area (TPSA) is 197 Å². The molecule has 13 heteroatoms. The van der Waals surface area contributed by atoms with Gasteiger partial charge in [-0.1, -0.05) is 27.7 Å². The third-order valence-electron chi connectivity index (χ3n) is 15.7. The molecule has 23 atom stereocenters. The number of aliphatic hydroxyl groups excluding tert-OH is 7. The van der Waals surface area contributed by atoms with Gasteiger partial charge in [0.2, 0.25) is 0 Å². The van der Waals surface area contributed by atoms with E-state index in [2.05, 4.69) is 27.7 Å². The zero-order valence-corrected chi connectivity index (χ0v) is 30.7. The van der Waals surface area contributed by atoms with Crippen LogP contribution in [0.4, 0.5) is 0 Å². The minimum atomic E-state index is -1.59. The second-order valence-electron chi connectivity index (χ2n) is 18.5. The van der Waals surface area contributed by atoms with E-state index >= 15 is 0 Å². The van der Waals surface area contributed by atoms with Crippen LogP contribution in [0.2, 0.25) is 0 Å². The third-order valence-corrected chi connectivity index (χ3v) is 15.7. The molecule has 4 saturated carbocycles. The van der Waals surface area contributed by atoms with Crippen LogP contribution in [0.5, 0.6) is 0 Å². The molecule has 4 aliphatic carbocycles. The lowest BCUT2D eigenvalue weighted by atomic mass is 9.43. The zero-order valence-electron chi connectivity index (χ0n) is 30.7. The summed E-state index contributed by atoms with van der Waals surface area (Å²) < 4.78 is 37.6. The highest BCUT2D eigenvalue weighted by molar-refractivity contribution is 5.17. The Morgan fingerprint density at radius 1 is 0.686 bits per heavy atom. The molecule has 4 heterocycles. The van der Waals surface area contributed by atoms with Crippen molar-refractivity contribution < 1.29 is 64.2 Å². The van der Waals surface area contributed by atoms with Crippen LogP contribution in [-0.4, -0.2) is 134 Å². The number of ether oxygens (including phenoxy) is 6. The summed E-state index contributed by atoms with van der Waals surface area (Å²) in [5, 5.41) is 75.6. The van der Waals surface area contributed by atoms with Gasteiger partial charge in [-0.3, -0.25) is 0 Å². The van der Waals surface area contributed by atoms with Crippen LogP contribution >= 0.6 is 0 Å². The van der Waals surface area contributed by atoms with E-state index in [1.807, 2.05) is 0 Å². The van der Waals surface area contributed by atoms with Crippen LogP contribution in [0.15, 0.2) is 0 Å². The van der Waals surface area contributed by atoms with E-state index in [9.17, 15) is 35.7 Å². The summed E-state index contributed by atoms with van der Waals surface area (Å²) in [5.41, 5.74) is -0.115. The van der Waals surface area contributed by atoms with Gasteiger partial charge in [0.25, 0.3) is 0 Å². The first-order valence-corrected chi connectivity index (χ1v) is 19.7. The molecule has 0 radical (unpaired) electrons. The predicted molar refractivity (Wildman–Crippen MR) is 178 cm³/mol. The molecule has 0 aromatic heterocycles. The minimum absolute atomic E-state index is 0.00406. The number of hydrogen-bond donors (Lipinski definition) is 7. The second kappa shape index (κ2) is 13.3. The molecule has 0 amide bonds. The van der Waals surface area contributed by atoms with Crippen molar-refractivity contribution in [3.05, 3.63) is 0 Å². The molecule has 0 aromatic carbocycles. The lowest BCUT2D eigenvalue weighted by molar-refractivity contribution is -0.357. The van der Waals surface area contributed by atoms with Gasteiger partial charge >= 0.3 is 0 Å². The Labute approximate surface area is 300 Å². The average molecular weight is 727 g/mol. The van der Waals surface area contributed by atoms with Crippen molar-refractivity contribution in [1.82, 2.24) is 0 Å². The highest BCUT2D eigenvalue weighted by Crippen LogP contribution is 2.71. The monoisotopic (exact) mass is 726 g/mol. The standard InChI is InChI=1S/C38H62O13/c1-16-10-27(41)38(47-14-16)17(2)28-26(51-38)13-22-20-12-25(23-11-19(39)6-8-36(23,4)21(20)7-9-37(22,28)5)49-35-32(45)33(29(42)18(3)48-35)50-34-31(44)30(43)24(40)15-46-34/h16-35,39-45H,6-15H2,1-5H3/t16-,17+,18-,19+,20-,21+,22+,23+,24-,25+,26+,27+,28+,29-,30+,31-,32-,33+,34+,35+,36-,37+,38-/m1/s1. The molecule has 4 aliphatic heterocycles. The Balaban J connectivity index is 1.04. The van der Waals surface area contributed by atoms with Gasteiger partial charge in [-0.15, -0.1) is 0 Å². The Hall–Kier alpha value is -0.520. The van der Waals surface area contributed by atoms with Gasteiger partial charge in [0.05, 0.1) is 37.6 Å². The SMILES string of the molecule is C[C@H]1CO[C@]2(O[C@H]3C[C@H]4[C@@H]5C[C@H](O[C@@H]6O[C@H](C)[C@@H](O)[C@H](O[C@@H]7OC[C@@H](O)[C@H](O)[C@H]7O)[C@H]6O)[C@@H]6C[C@@H](O)CC[C@]6(C)[C@H]5CC[C@]4(C)[C@H]3[C@@H]2C)[C@@H](O)C1. The fourth-order valence-corrected chi connectivity index (χ4v) is 13.1. The molecular weight excluding hydrogens is 664 g/mol. The van der Waals surface area contributed by atoms with Crippen LogP contribution in [0.1, 0.15) is 86.0 Å². The van der Waals surface area contributed by atoms with Crippen LogP contribution in [0, 0.1) is 52.3 Å². The van der Waals surface area contributed by atoms with Crippen molar-refractivity contribution in [3.8, 4) is 0 Å². The molecule has 0 unspecified atom stereocenters. The largest absolute Gasteiger partial charge is 0.393 e. The van der Waals surface area contributed by atoms with Crippen LogP contribution in [0.25, 0.3) is 0 Å². The van der Waals surface area contributed by atoms with Crippen molar-refractivity contribution >= 4 is 0 Å². The maximum absolute atomic E-state index is 11.6. The average Bonchev–Trinajstić information content (AvgIpc) is 3.54. The smallest absolute Gasteiger partial charge is 0.197 e. The van der Waals surface area contributed by atoms with Crippen LogP contribution < -0.4 is 0 Å². The minimum Gasteiger partial charge on any atom is -0.393 e. The highest BCUT2D eigenvalue weighted by atomic mass is 16.7. The fourth-order valence-electron chi connectivity index (χ4n) is 13.1. The Kier molecular flexibility index (Phi) is 9.76. The first-order valence-electron chi connectivity index (χ1n) is 19.7. The van der Waals surface area contributed by atoms with Crippen LogP contribution in [0.3, 0.4) is 0 Å². The molecule has 7 N–H and O–H groups in total. The molecule has 4 saturated heterocycles. The summed E-state index contributed by atoms with van der Waals surface area (Å²) in [6.07, 6.45) is -6.52. The molecule has 13 nitrogen and oxygen atoms in total. The lowest BCUT2D eigenvalue weighted by Gasteiger charge is -2.63. The van der Waals surface area contributed by atoms with Gasteiger partial charge < -0.3 is 64.2 Å². The van der Waals surface area contributed by atoms with E-state index < -0.39 is 73.3 Å². The number of aliphatic hydroxyl groups is 7. The molecule has 1 spiro atoms. The molecule has 292 valence electrons. The fraction of sp³-hybridized carbons (Fsp3) is 1.00. The van der Waals surface area contributed by atoms with Crippen molar-refractivity contribution in [3.63, 3.8) is 0 Å². The summed E-state index contributed by atoms with van der Waals surface area (Å²) in [5.74, 6) is 0.780. The Bertz CT molecular complexity index is 1270. The van der Waals surface area contributed by atoms with Crippen molar-refractivity contribution in [2.45, 2.75) is 171 Å². The van der Waals surface area contributed by atoms with Gasteiger partial charge in [0.1, 0.15) is 42.7 Å². The number of fused-ring (bicyclic) bond motifs is 7. The van der Waals surface area contributed by atoms with E-state index in [0.29, 0.717) is 37.2 Å². The quantitative estimate of drug-likeness (QED) is 0.203. The van der Waals surface area contributed by atoms with E-state index in [4.69, 9.17) is 28.4 Å². The second-order valence-corrected chi connectivity index (χ2v) is 18.5. The van der Waals surface area contributed by atoms with Gasteiger partial charge in [-0.2, -0.15) is 0 Å². The summed E-state index contributed by atoms with van der Waals surface area (Å²) >= 11 is 0. The maximum Gasteiger partial charge on any atom is 0.197 e. The maximum atomic E-state index is 11.6. The van der Waals surface area contributed by atoms with Gasteiger partial charge in [-0.25, -0.2) is 0 Å². The summed E-state index contributed by atoms with van der Waals surface area (Å²) in [6.45, 7) is 11.1. The molecular formula is C38H62O13. The lowest BCUT2D eigenvalue weighted by Crippen LogP contribution is -2.64. The number of hydrogen-bond acceptors (Lipinski definition) is 13. The summed E-state index contributed by atoms with van der Waals surface area (Å²) in [4.78, 5) is 0. The van der Waals surface area contributed by atoms with Gasteiger partial charge in [0.15, 0.2) is 18.4 Å². The first kappa shape index (κ1) is 37.4. The van der Waals surface area contributed by atoms with E-state index in [0.717, 1.165) is 38.5 Å². The van der Waals surface area contributed by atoms with Gasteiger partial charge in [0, 0.05) is 5.92 Å². The zero-order chi connectivity index (χ0) is 36.4.